The number of benzene rings is 1. The van der Waals surface area contributed by atoms with Crippen molar-refractivity contribution in [1.82, 2.24) is 0 Å². The van der Waals surface area contributed by atoms with Crippen LogP contribution >= 0.6 is 23.2 Å². The van der Waals surface area contributed by atoms with Crippen LogP contribution in [0.1, 0.15) is 0 Å². The molecule has 0 saturated carbocycles. The van der Waals surface area contributed by atoms with Crippen LogP contribution in [0.25, 0.3) is 11.0 Å². The second-order valence-electron chi connectivity index (χ2n) is 2.69. The summed E-state index contributed by atoms with van der Waals surface area (Å²) in [7, 11) is 0. The molecule has 0 unspecified atom stereocenters. The second-order valence-corrected chi connectivity index (χ2v) is 3.54. The van der Waals surface area contributed by atoms with Gasteiger partial charge in [0.25, 0.3) is 0 Å². The van der Waals surface area contributed by atoms with Crippen LogP contribution in [0.3, 0.4) is 0 Å². The molecule has 0 spiro atoms. The molecule has 1 aromatic heterocycles. The SMILES string of the molecule is O=c1cc([O-])c2cc(Cl)cc(Cl)c2o1. The van der Waals surface area contributed by atoms with E-state index in [-0.39, 0.29) is 16.0 Å². The average Bonchev–Trinajstić information content (AvgIpc) is 2.07. The molecular formula is C9H3Cl2O3-. The first-order valence-electron chi connectivity index (χ1n) is 3.68. The van der Waals surface area contributed by atoms with Crippen molar-refractivity contribution in [3.05, 3.63) is 38.7 Å². The molecule has 0 aliphatic rings. The predicted octanol–water partition coefficient (Wildman–Crippen LogP) is 2.17. The Balaban J connectivity index is 3.01. The van der Waals surface area contributed by atoms with Crippen molar-refractivity contribution < 1.29 is 9.52 Å². The van der Waals surface area contributed by atoms with Gasteiger partial charge in [0.1, 0.15) is 0 Å². The van der Waals surface area contributed by atoms with E-state index in [1.165, 1.54) is 12.1 Å². The Bertz CT molecular complexity index is 560. The zero-order valence-corrected chi connectivity index (χ0v) is 8.22. The summed E-state index contributed by atoms with van der Waals surface area (Å²) in [6, 6.07) is 3.68. The van der Waals surface area contributed by atoms with E-state index in [4.69, 9.17) is 27.6 Å². The lowest BCUT2D eigenvalue weighted by atomic mass is 10.2. The molecule has 14 heavy (non-hydrogen) atoms. The molecule has 72 valence electrons. The Morgan fingerprint density at radius 2 is 1.93 bits per heavy atom. The minimum absolute atomic E-state index is 0.0774. The fraction of sp³-hybridized carbons (Fsp3) is 0. The summed E-state index contributed by atoms with van der Waals surface area (Å²) in [5.74, 6) is -0.444. The van der Waals surface area contributed by atoms with Crippen molar-refractivity contribution in [2.45, 2.75) is 0 Å². The van der Waals surface area contributed by atoms with E-state index in [0.29, 0.717) is 5.02 Å². The molecule has 2 rings (SSSR count). The van der Waals surface area contributed by atoms with Crippen molar-refractivity contribution in [3.8, 4) is 5.75 Å². The summed E-state index contributed by atoms with van der Waals surface area (Å²) < 4.78 is 4.78. The van der Waals surface area contributed by atoms with Crippen LogP contribution < -0.4 is 10.7 Å². The zero-order valence-electron chi connectivity index (χ0n) is 6.71. The molecule has 1 aromatic carbocycles. The topological polar surface area (TPSA) is 53.3 Å². The monoisotopic (exact) mass is 229 g/mol. The molecule has 0 saturated heterocycles. The summed E-state index contributed by atoms with van der Waals surface area (Å²) in [6.45, 7) is 0. The van der Waals surface area contributed by atoms with Crippen LogP contribution in [0.2, 0.25) is 10.0 Å². The third kappa shape index (κ3) is 1.45. The molecule has 0 radical (unpaired) electrons. The van der Waals surface area contributed by atoms with Crippen molar-refractivity contribution >= 4 is 34.2 Å². The van der Waals surface area contributed by atoms with Gasteiger partial charge in [0.05, 0.1) is 5.02 Å². The summed E-state index contributed by atoms with van der Waals surface area (Å²) in [5.41, 5.74) is -0.639. The van der Waals surface area contributed by atoms with Crippen molar-refractivity contribution in [2.75, 3.05) is 0 Å². The third-order valence-electron chi connectivity index (χ3n) is 1.73. The highest BCUT2D eigenvalue weighted by Crippen LogP contribution is 2.30. The molecule has 5 heteroatoms. The van der Waals surface area contributed by atoms with E-state index in [1.54, 1.807) is 0 Å². The first-order chi connectivity index (χ1) is 6.58. The maximum absolute atomic E-state index is 11.3. The number of hydrogen-bond acceptors (Lipinski definition) is 3. The van der Waals surface area contributed by atoms with Crippen LogP contribution in [0.15, 0.2) is 27.4 Å². The van der Waals surface area contributed by atoms with Gasteiger partial charge in [-0.05, 0) is 12.1 Å². The van der Waals surface area contributed by atoms with Gasteiger partial charge < -0.3 is 9.52 Å². The van der Waals surface area contributed by atoms with Crippen LogP contribution in [0.5, 0.6) is 5.75 Å². The van der Waals surface area contributed by atoms with E-state index in [2.05, 4.69) is 0 Å². The Morgan fingerprint density at radius 3 is 2.64 bits per heavy atom. The summed E-state index contributed by atoms with van der Waals surface area (Å²) >= 11 is 11.4. The number of halogens is 2. The van der Waals surface area contributed by atoms with Gasteiger partial charge in [0.2, 0.25) is 0 Å². The second kappa shape index (κ2) is 3.19. The summed E-state index contributed by atoms with van der Waals surface area (Å²) in [6.07, 6.45) is 0. The van der Waals surface area contributed by atoms with Gasteiger partial charge >= 0.3 is 5.63 Å². The fourth-order valence-corrected chi connectivity index (χ4v) is 1.69. The Morgan fingerprint density at radius 1 is 1.21 bits per heavy atom. The molecule has 0 aliphatic heterocycles. The largest absolute Gasteiger partial charge is 0.872 e. The standard InChI is InChI=1S/C9H4Cl2O3/c10-4-1-5-7(12)3-8(13)14-9(5)6(11)2-4/h1-3,12H/p-1. The van der Waals surface area contributed by atoms with E-state index >= 15 is 0 Å². The normalized spacial score (nSPS) is 10.7. The molecule has 3 nitrogen and oxygen atoms in total. The van der Waals surface area contributed by atoms with Gasteiger partial charge in [0.15, 0.2) is 5.58 Å². The minimum Gasteiger partial charge on any atom is -0.872 e. The number of hydrogen-bond donors (Lipinski definition) is 0. The van der Waals surface area contributed by atoms with Gasteiger partial charge in [0, 0.05) is 16.5 Å². The lowest BCUT2D eigenvalue weighted by molar-refractivity contribution is -0.266. The Kier molecular flexibility index (Phi) is 2.13. The number of fused-ring (bicyclic) bond motifs is 1. The first kappa shape index (κ1) is 9.37. The highest BCUT2D eigenvalue weighted by molar-refractivity contribution is 6.38. The van der Waals surface area contributed by atoms with Gasteiger partial charge in [-0.2, -0.15) is 0 Å². The van der Waals surface area contributed by atoms with Crippen molar-refractivity contribution in [1.29, 1.82) is 0 Å². The average molecular weight is 230 g/mol. The van der Waals surface area contributed by atoms with Gasteiger partial charge in [-0.3, -0.25) is 0 Å². The lowest BCUT2D eigenvalue weighted by Gasteiger charge is -2.08. The molecule has 0 amide bonds. The van der Waals surface area contributed by atoms with E-state index < -0.39 is 11.4 Å². The molecule has 0 aliphatic carbocycles. The molecular weight excluding hydrogens is 227 g/mol. The lowest BCUT2D eigenvalue weighted by Crippen LogP contribution is -2.01. The summed E-state index contributed by atoms with van der Waals surface area (Å²) in [4.78, 5) is 10.9. The van der Waals surface area contributed by atoms with E-state index in [9.17, 15) is 9.90 Å². The van der Waals surface area contributed by atoms with E-state index in [1.807, 2.05) is 0 Å². The van der Waals surface area contributed by atoms with Crippen LogP contribution in [-0.4, -0.2) is 0 Å². The molecule has 1 heterocycles. The van der Waals surface area contributed by atoms with Crippen LogP contribution in [-0.2, 0) is 0 Å². The van der Waals surface area contributed by atoms with Crippen LogP contribution in [0, 0.1) is 0 Å². The maximum atomic E-state index is 11.3. The van der Waals surface area contributed by atoms with Crippen molar-refractivity contribution in [3.63, 3.8) is 0 Å². The molecule has 0 atom stereocenters. The van der Waals surface area contributed by atoms with Crippen molar-refractivity contribution in [2.24, 2.45) is 0 Å². The highest BCUT2D eigenvalue weighted by atomic mass is 35.5. The smallest absolute Gasteiger partial charge is 0.335 e. The van der Waals surface area contributed by atoms with Crippen LogP contribution in [0.4, 0.5) is 0 Å². The molecule has 0 bridgehead atoms. The van der Waals surface area contributed by atoms with E-state index in [0.717, 1.165) is 6.07 Å². The Hall–Kier alpha value is -1.19. The van der Waals surface area contributed by atoms with Gasteiger partial charge in [-0.1, -0.05) is 29.0 Å². The van der Waals surface area contributed by atoms with Gasteiger partial charge in [-0.25, -0.2) is 4.79 Å². The first-order valence-corrected chi connectivity index (χ1v) is 4.43. The quantitative estimate of drug-likeness (QED) is 0.651. The Labute approximate surface area is 88.5 Å². The maximum Gasteiger partial charge on any atom is 0.335 e. The number of rotatable bonds is 0. The molecule has 0 N–H and O–H groups in total. The molecule has 0 fully saturated rings. The molecule has 2 aromatic rings. The predicted molar refractivity (Wildman–Crippen MR) is 52.0 cm³/mol. The zero-order chi connectivity index (χ0) is 10.3. The summed E-state index contributed by atoms with van der Waals surface area (Å²) in [5, 5.41) is 12.0. The van der Waals surface area contributed by atoms with Gasteiger partial charge in [-0.15, -0.1) is 0 Å². The minimum atomic E-state index is -0.716. The fourth-order valence-electron chi connectivity index (χ4n) is 1.16. The highest BCUT2D eigenvalue weighted by Gasteiger charge is 2.05. The third-order valence-corrected chi connectivity index (χ3v) is 2.22.